The lowest BCUT2D eigenvalue weighted by Crippen LogP contribution is -2.20. The number of rotatable bonds is 0. The lowest BCUT2D eigenvalue weighted by molar-refractivity contribution is 0.0478. The van der Waals surface area contributed by atoms with Crippen LogP contribution < -0.4 is 0 Å². The van der Waals surface area contributed by atoms with Crippen molar-refractivity contribution >= 4 is 5.97 Å². The number of hydrogen-bond donors (Lipinski definition) is 0. The molecular formula is C10H11NO2. The number of pyridine rings is 1. The van der Waals surface area contributed by atoms with Gasteiger partial charge in [-0.15, -0.1) is 0 Å². The average Bonchev–Trinajstić information content (AvgIpc) is 2.12. The molecule has 2 rings (SSSR count). The molecule has 1 aromatic heterocycles. The van der Waals surface area contributed by atoms with E-state index < -0.39 is 0 Å². The van der Waals surface area contributed by atoms with Crippen molar-refractivity contribution in [1.82, 2.24) is 4.98 Å². The summed E-state index contributed by atoms with van der Waals surface area (Å²) >= 11 is 0. The highest BCUT2D eigenvalue weighted by molar-refractivity contribution is 5.93. The predicted molar refractivity (Wildman–Crippen MR) is 47.7 cm³/mol. The second-order valence-corrected chi connectivity index (χ2v) is 3.27. The minimum absolute atomic E-state index is 0.227. The Hall–Kier alpha value is -1.38. The van der Waals surface area contributed by atoms with E-state index in [2.05, 4.69) is 4.98 Å². The lowest BCUT2D eigenvalue weighted by atomic mass is 9.98. The van der Waals surface area contributed by atoms with Gasteiger partial charge < -0.3 is 4.74 Å². The van der Waals surface area contributed by atoms with Crippen molar-refractivity contribution < 1.29 is 9.53 Å². The van der Waals surface area contributed by atoms with E-state index in [4.69, 9.17) is 4.74 Å². The molecule has 2 heterocycles. The van der Waals surface area contributed by atoms with Crippen molar-refractivity contribution in [2.75, 3.05) is 6.61 Å². The van der Waals surface area contributed by atoms with Crippen molar-refractivity contribution in [3.63, 3.8) is 0 Å². The number of esters is 1. The van der Waals surface area contributed by atoms with E-state index in [1.807, 2.05) is 20.0 Å². The number of cyclic esters (lactones) is 1. The van der Waals surface area contributed by atoms with Crippen LogP contribution in [0.15, 0.2) is 6.20 Å². The van der Waals surface area contributed by atoms with E-state index >= 15 is 0 Å². The summed E-state index contributed by atoms with van der Waals surface area (Å²) in [6.07, 6.45) is 2.63. The van der Waals surface area contributed by atoms with E-state index in [0.717, 1.165) is 23.2 Å². The van der Waals surface area contributed by atoms with E-state index in [1.165, 1.54) is 0 Å². The second kappa shape index (κ2) is 2.83. The van der Waals surface area contributed by atoms with Gasteiger partial charge in [0.15, 0.2) is 0 Å². The Morgan fingerprint density at radius 1 is 1.46 bits per heavy atom. The zero-order chi connectivity index (χ0) is 9.42. The van der Waals surface area contributed by atoms with Gasteiger partial charge in [-0.1, -0.05) is 0 Å². The molecule has 3 nitrogen and oxygen atoms in total. The molecule has 0 saturated heterocycles. The molecule has 1 aliphatic rings. The molecule has 0 saturated carbocycles. The third-order valence-electron chi connectivity index (χ3n) is 2.38. The highest BCUT2D eigenvalue weighted by atomic mass is 16.5. The van der Waals surface area contributed by atoms with Gasteiger partial charge in [0.25, 0.3) is 0 Å². The molecule has 3 heteroatoms. The molecule has 0 atom stereocenters. The summed E-state index contributed by atoms with van der Waals surface area (Å²) in [7, 11) is 0. The molecule has 0 spiro atoms. The number of aryl methyl sites for hydroxylation is 2. The van der Waals surface area contributed by atoms with E-state index in [9.17, 15) is 4.79 Å². The van der Waals surface area contributed by atoms with Gasteiger partial charge in [0.1, 0.15) is 0 Å². The third kappa shape index (κ3) is 1.20. The molecule has 1 aromatic rings. The average molecular weight is 177 g/mol. The largest absolute Gasteiger partial charge is 0.462 e. The van der Waals surface area contributed by atoms with Gasteiger partial charge in [-0.25, -0.2) is 4.79 Å². The van der Waals surface area contributed by atoms with Crippen molar-refractivity contribution in [1.29, 1.82) is 0 Å². The van der Waals surface area contributed by atoms with Crippen LogP contribution in [0.2, 0.25) is 0 Å². The highest BCUT2D eigenvalue weighted by Crippen LogP contribution is 2.21. The number of carbonyl (C=O) groups excluding carboxylic acids is 1. The first kappa shape index (κ1) is 8.23. The quantitative estimate of drug-likeness (QED) is 0.562. The molecule has 0 bridgehead atoms. The molecular weight excluding hydrogens is 166 g/mol. The maximum absolute atomic E-state index is 11.4. The number of carbonyl (C=O) groups is 1. The molecule has 0 aromatic carbocycles. The monoisotopic (exact) mass is 177 g/mol. The van der Waals surface area contributed by atoms with Gasteiger partial charge in [0, 0.05) is 12.6 Å². The highest BCUT2D eigenvalue weighted by Gasteiger charge is 2.22. The second-order valence-electron chi connectivity index (χ2n) is 3.27. The predicted octanol–water partition coefficient (Wildman–Crippen LogP) is 1.41. The standard InChI is InChI=1S/C10H11NO2/c1-6-5-11-7(2)9-8(6)3-4-13-10(9)12/h5H,3-4H2,1-2H3. The number of aromatic nitrogens is 1. The van der Waals surface area contributed by atoms with Gasteiger partial charge in [0.05, 0.1) is 17.9 Å². The number of nitrogens with zero attached hydrogens (tertiary/aromatic N) is 1. The van der Waals surface area contributed by atoms with Crippen LogP contribution in [0.3, 0.4) is 0 Å². The summed E-state index contributed by atoms with van der Waals surface area (Å²) in [6.45, 7) is 4.31. The Balaban J connectivity index is 2.67. The first-order valence-electron chi connectivity index (χ1n) is 4.32. The van der Waals surface area contributed by atoms with Crippen LogP contribution in [0.1, 0.15) is 27.2 Å². The summed E-state index contributed by atoms with van der Waals surface area (Å²) in [6, 6.07) is 0. The van der Waals surface area contributed by atoms with Crippen LogP contribution in [-0.2, 0) is 11.2 Å². The molecule has 68 valence electrons. The minimum Gasteiger partial charge on any atom is -0.462 e. The molecule has 0 radical (unpaired) electrons. The fourth-order valence-corrected chi connectivity index (χ4v) is 1.66. The normalized spacial score (nSPS) is 15.1. The Kier molecular flexibility index (Phi) is 1.79. The molecule has 0 aliphatic carbocycles. The van der Waals surface area contributed by atoms with Gasteiger partial charge in [0.2, 0.25) is 0 Å². The first-order valence-corrected chi connectivity index (χ1v) is 4.32. The zero-order valence-corrected chi connectivity index (χ0v) is 7.76. The number of hydrogen-bond acceptors (Lipinski definition) is 3. The van der Waals surface area contributed by atoms with Crippen LogP contribution in [0.25, 0.3) is 0 Å². The summed E-state index contributed by atoms with van der Waals surface area (Å²) in [4.78, 5) is 15.5. The van der Waals surface area contributed by atoms with Gasteiger partial charge in [-0.3, -0.25) is 4.98 Å². The Bertz CT molecular complexity index is 371. The van der Waals surface area contributed by atoms with E-state index in [-0.39, 0.29) is 5.97 Å². The Morgan fingerprint density at radius 2 is 2.23 bits per heavy atom. The minimum atomic E-state index is -0.227. The zero-order valence-electron chi connectivity index (χ0n) is 7.76. The molecule has 0 N–H and O–H groups in total. The van der Waals surface area contributed by atoms with Gasteiger partial charge in [-0.2, -0.15) is 0 Å². The van der Waals surface area contributed by atoms with Crippen LogP contribution in [0.4, 0.5) is 0 Å². The molecule has 0 fully saturated rings. The fraction of sp³-hybridized carbons (Fsp3) is 0.400. The third-order valence-corrected chi connectivity index (χ3v) is 2.38. The summed E-state index contributed by atoms with van der Waals surface area (Å²) < 4.78 is 4.96. The van der Waals surface area contributed by atoms with Crippen LogP contribution >= 0.6 is 0 Å². The van der Waals surface area contributed by atoms with Gasteiger partial charge >= 0.3 is 5.97 Å². The van der Waals surface area contributed by atoms with E-state index in [0.29, 0.717) is 12.2 Å². The van der Waals surface area contributed by atoms with Crippen LogP contribution in [0.5, 0.6) is 0 Å². The van der Waals surface area contributed by atoms with Crippen LogP contribution in [0, 0.1) is 13.8 Å². The van der Waals surface area contributed by atoms with Crippen molar-refractivity contribution in [2.24, 2.45) is 0 Å². The molecule has 0 unspecified atom stereocenters. The molecule has 1 aliphatic heterocycles. The fourth-order valence-electron chi connectivity index (χ4n) is 1.66. The Labute approximate surface area is 76.7 Å². The first-order chi connectivity index (χ1) is 6.20. The van der Waals surface area contributed by atoms with E-state index in [1.54, 1.807) is 0 Å². The SMILES string of the molecule is Cc1cnc(C)c2c1CCOC2=O. The van der Waals surface area contributed by atoms with Crippen LogP contribution in [-0.4, -0.2) is 17.6 Å². The summed E-state index contributed by atoms with van der Waals surface area (Å²) in [5.41, 5.74) is 3.62. The lowest BCUT2D eigenvalue weighted by Gasteiger charge is -2.18. The molecule has 13 heavy (non-hydrogen) atoms. The molecule has 0 amide bonds. The van der Waals surface area contributed by atoms with Gasteiger partial charge in [-0.05, 0) is 25.0 Å². The van der Waals surface area contributed by atoms with Crippen molar-refractivity contribution in [3.8, 4) is 0 Å². The topological polar surface area (TPSA) is 39.2 Å². The maximum Gasteiger partial charge on any atom is 0.340 e. The smallest absolute Gasteiger partial charge is 0.340 e. The number of ether oxygens (including phenoxy) is 1. The number of fused-ring (bicyclic) bond motifs is 1. The van der Waals surface area contributed by atoms with Crippen molar-refractivity contribution in [2.45, 2.75) is 20.3 Å². The summed E-state index contributed by atoms with van der Waals surface area (Å²) in [5.74, 6) is -0.227. The summed E-state index contributed by atoms with van der Waals surface area (Å²) in [5, 5.41) is 0. The van der Waals surface area contributed by atoms with Crippen molar-refractivity contribution in [3.05, 3.63) is 28.6 Å². The maximum atomic E-state index is 11.4. The Morgan fingerprint density at radius 3 is 2.92 bits per heavy atom.